The lowest BCUT2D eigenvalue weighted by Crippen LogP contribution is -2.11. The van der Waals surface area contributed by atoms with Gasteiger partial charge in [-0.2, -0.15) is 5.26 Å². The average molecular weight is 187 g/mol. The summed E-state index contributed by atoms with van der Waals surface area (Å²) in [4.78, 5) is 10.5. The van der Waals surface area contributed by atoms with Crippen LogP contribution < -0.4 is 5.73 Å². The summed E-state index contributed by atoms with van der Waals surface area (Å²) in [6.45, 7) is 0. The number of nitriles is 1. The molecule has 3 nitrogen and oxygen atoms in total. The molecule has 0 aromatic heterocycles. The number of amides is 1. The fourth-order valence-electron chi connectivity index (χ4n) is 1.12. The summed E-state index contributed by atoms with van der Waals surface area (Å²) < 4.78 is 0. The van der Waals surface area contributed by atoms with Crippen molar-refractivity contribution in [2.45, 2.75) is 12.8 Å². The van der Waals surface area contributed by atoms with E-state index in [1.54, 1.807) is 0 Å². The average Bonchev–Trinajstić information content (AvgIpc) is 2.17. The zero-order valence-corrected chi connectivity index (χ0v) is 7.73. The lowest BCUT2D eigenvalue weighted by Gasteiger charge is -1.99. The van der Waals surface area contributed by atoms with Crippen molar-refractivity contribution in [3.8, 4) is 6.07 Å². The molecule has 3 heteroatoms. The van der Waals surface area contributed by atoms with Crippen molar-refractivity contribution in [2.24, 2.45) is 5.73 Å². The van der Waals surface area contributed by atoms with Crippen molar-refractivity contribution in [1.29, 1.82) is 5.26 Å². The van der Waals surface area contributed by atoms with Gasteiger partial charge in [0.05, 0.1) is 12.5 Å². The molecule has 0 unspecified atom stereocenters. The van der Waals surface area contributed by atoms with Crippen molar-refractivity contribution < 1.29 is 4.79 Å². The van der Waals surface area contributed by atoms with Crippen LogP contribution >= 0.6 is 0 Å². The van der Waals surface area contributed by atoms with Gasteiger partial charge in [-0.1, -0.05) is 24.3 Å². The van der Waals surface area contributed by atoms with E-state index in [2.05, 4.69) is 0 Å². The molecule has 0 atom stereocenters. The van der Waals surface area contributed by atoms with E-state index in [9.17, 15) is 4.79 Å². The number of nitrogens with zero attached hydrogens (tertiary/aromatic N) is 1. The Kier molecular flexibility index (Phi) is 3.69. The molecule has 1 aromatic rings. The zero-order valence-electron chi connectivity index (χ0n) is 7.73. The number of carbonyl (C=O) groups is 1. The lowest BCUT2D eigenvalue weighted by atomic mass is 10.1. The smallest absolute Gasteiger partial charge is 0.217 e. The first-order valence-corrected chi connectivity index (χ1v) is 4.32. The second kappa shape index (κ2) is 5.03. The van der Waals surface area contributed by atoms with E-state index in [0.29, 0.717) is 12.8 Å². The minimum atomic E-state index is -0.294. The van der Waals surface area contributed by atoms with Gasteiger partial charge in [0.1, 0.15) is 0 Å². The Hall–Kier alpha value is -1.82. The van der Waals surface area contributed by atoms with E-state index < -0.39 is 0 Å². The van der Waals surface area contributed by atoms with Crippen molar-refractivity contribution >= 4 is 5.91 Å². The molecule has 0 saturated carbocycles. The number of benzene rings is 1. The highest BCUT2D eigenvalue weighted by atomic mass is 16.1. The number of primary amides is 1. The molecule has 1 rings (SSSR count). The lowest BCUT2D eigenvalue weighted by molar-refractivity contribution is -0.117. The molecule has 1 radical (unpaired) electrons. The minimum Gasteiger partial charge on any atom is -0.370 e. The SMILES string of the molecule is N#C[CH]c1ccc(CCC(N)=O)cc1. The van der Waals surface area contributed by atoms with Gasteiger partial charge in [0, 0.05) is 6.42 Å². The van der Waals surface area contributed by atoms with Gasteiger partial charge in [0.2, 0.25) is 5.91 Å². The first kappa shape index (κ1) is 10.3. The molecular weight excluding hydrogens is 176 g/mol. The number of nitrogens with two attached hydrogens (primary N) is 1. The van der Waals surface area contributed by atoms with Crippen molar-refractivity contribution in [2.75, 3.05) is 0 Å². The third-order valence-corrected chi connectivity index (χ3v) is 1.87. The van der Waals surface area contributed by atoms with Gasteiger partial charge in [0.25, 0.3) is 0 Å². The molecule has 0 aliphatic rings. The van der Waals surface area contributed by atoms with Crippen LogP contribution in [0.3, 0.4) is 0 Å². The molecule has 1 aromatic carbocycles. The van der Waals surface area contributed by atoms with Crippen LogP contribution in [0.4, 0.5) is 0 Å². The number of carbonyl (C=O) groups excluding carboxylic acids is 1. The third kappa shape index (κ3) is 3.28. The summed E-state index contributed by atoms with van der Waals surface area (Å²) in [5.74, 6) is -0.294. The van der Waals surface area contributed by atoms with Gasteiger partial charge in [-0.3, -0.25) is 4.79 Å². The zero-order chi connectivity index (χ0) is 10.4. The van der Waals surface area contributed by atoms with Gasteiger partial charge < -0.3 is 5.73 Å². The van der Waals surface area contributed by atoms with E-state index >= 15 is 0 Å². The molecule has 0 saturated heterocycles. The highest BCUT2D eigenvalue weighted by Crippen LogP contribution is 2.07. The molecule has 0 fully saturated rings. The second-order valence-corrected chi connectivity index (χ2v) is 2.98. The topological polar surface area (TPSA) is 66.9 Å². The maximum absolute atomic E-state index is 10.5. The Bertz CT molecular complexity index is 349. The van der Waals surface area contributed by atoms with Crippen molar-refractivity contribution in [1.82, 2.24) is 0 Å². The van der Waals surface area contributed by atoms with E-state index in [4.69, 9.17) is 11.0 Å². The number of hydrogen-bond donors (Lipinski definition) is 1. The summed E-state index contributed by atoms with van der Waals surface area (Å²) in [5, 5.41) is 8.40. The first-order chi connectivity index (χ1) is 6.72. The van der Waals surface area contributed by atoms with Crippen LogP contribution in [0.1, 0.15) is 17.5 Å². The second-order valence-electron chi connectivity index (χ2n) is 2.98. The molecule has 14 heavy (non-hydrogen) atoms. The Balaban J connectivity index is 2.56. The molecule has 2 N–H and O–H groups in total. The highest BCUT2D eigenvalue weighted by Gasteiger charge is 1.97. The van der Waals surface area contributed by atoms with Gasteiger partial charge in [-0.15, -0.1) is 0 Å². The summed E-state index contributed by atoms with van der Waals surface area (Å²) in [6, 6.07) is 9.44. The van der Waals surface area contributed by atoms with Crippen LogP contribution in [0.2, 0.25) is 0 Å². The molecule has 1 amide bonds. The quantitative estimate of drug-likeness (QED) is 0.769. The molecular formula is C11H11N2O. The molecule has 0 bridgehead atoms. The first-order valence-electron chi connectivity index (χ1n) is 4.32. The Morgan fingerprint density at radius 1 is 1.43 bits per heavy atom. The normalized spacial score (nSPS) is 9.36. The van der Waals surface area contributed by atoms with Crippen LogP contribution in [0.15, 0.2) is 24.3 Å². The van der Waals surface area contributed by atoms with Crippen molar-refractivity contribution in [3.63, 3.8) is 0 Å². The van der Waals surface area contributed by atoms with E-state index in [-0.39, 0.29) is 5.91 Å². The molecule has 0 heterocycles. The largest absolute Gasteiger partial charge is 0.370 e. The van der Waals surface area contributed by atoms with Crippen LogP contribution in [-0.4, -0.2) is 5.91 Å². The molecule has 0 aliphatic heterocycles. The van der Waals surface area contributed by atoms with E-state index in [0.717, 1.165) is 11.1 Å². The van der Waals surface area contributed by atoms with E-state index in [1.807, 2.05) is 30.3 Å². The maximum Gasteiger partial charge on any atom is 0.217 e. The fourth-order valence-corrected chi connectivity index (χ4v) is 1.12. The summed E-state index contributed by atoms with van der Waals surface area (Å²) >= 11 is 0. The predicted octanol–water partition coefficient (Wildman–Crippen LogP) is 1.18. The summed E-state index contributed by atoms with van der Waals surface area (Å²) in [5.41, 5.74) is 6.95. The standard InChI is InChI=1S/C11H11N2O/c12-8-7-10-3-1-9(2-4-10)5-6-11(13)14/h1-4,7H,5-6H2,(H2,13,14). The number of rotatable bonds is 4. The van der Waals surface area contributed by atoms with Crippen molar-refractivity contribution in [3.05, 3.63) is 41.8 Å². The monoisotopic (exact) mass is 187 g/mol. The van der Waals surface area contributed by atoms with Crippen LogP contribution in [-0.2, 0) is 11.2 Å². The molecule has 0 spiro atoms. The van der Waals surface area contributed by atoms with Crippen LogP contribution in [0.25, 0.3) is 0 Å². The van der Waals surface area contributed by atoms with Gasteiger partial charge in [-0.05, 0) is 17.5 Å². The number of hydrogen-bond acceptors (Lipinski definition) is 2. The number of aryl methyl sites for hydroxylation is 1. The minimum absolute atomic E-state index is 0.294. The highest BCUT2D eigenvalue weighted by molar-refractivity contribution is 5.73. The molecule has 71 valence electrons. The Morgan fingerprint density at radius 3 is 2.57 bits per heavy atom. The third-order valence-electron chi connectivity index (χ3n) is 1.87. The van der Waals surface area contributed by atoms with Crippen LogP contribution in [0, 0.1) is 17.8 Å². The fraction of sp³-hybridized carbons (Fsp3) is 0.182. The summed E-state index contributed by atoms with van der Waals surface area (Å²) in [7, 11) is 0. The van der Waals surface area contributed by atoms with E-state index in [1.165, 1.54) is 6.42 Å². The van der Waals surface area contributed by atoms with Crippen LogP contribution in [0.5, 0.6) is 0 Å². The Morgan fingerprint density at radius 2 is 2.07 bits per heavy atom. The van der Waals surface area contributed by atoms with Gasteiger partial charge in [0.15, 0.2) is 0 Å². The van der Waals surface area contributed by atoms with Gasteiger partial charge in [-0.25, -0.2) is 0 Å². The summed E-state index contributed by atoms with van der Waals surface area (Å²) in [6.07, 6.45) is 2.49. The Labute approximate surface area is 83.2 Å². The predicted molar refractivity (Wildman–Crippen MR) is 53.0 cm³/mol. The van der Waals surface area contributed by atoms with Gasteiger partial charge >= 0.3 is 0 Å². The maximum atomic E-state index is 10.5. The molecule has 0 aliphatic carbocycles.